The average Bonchev–Trinajstić information content (AvgIpc) is 2.82. The highest BCUT2D eigenvalue weighted by Crippen LogP contribution is 2.17. The second-order valence-electron chi connectivity index (χ2n) is 4.45. The topological polar surface area (TPSA) is 42.7 Å². The van der Waals surface area contributed by atoms with Crippen molar-refractivity contribution < 1.29 is 0 Å². The molecule has 0 radical (unpaired) electrons. The Morgan fingerprint density at radius 2 is 2.00 bits per heavy atom. The number of hydrogen-bond acceptors (Lipinski definition) is 3. The summed E-state index contributed by atoms with van der Waals surface area (Å²) in [4.78, 5) is 4.06. The summed E-state index contributed by atoms with van der Waals surface area (Å²) < 4.78 is 1.94. The molecule has 4 heteroatoms. The molecule has 0 aliphatic rings. The lowest BCUT2D eigenvalue weighted by molar-refractivity contribution is 0.493. The molecule has 0 bridgehead atoms. The molecule has 2 aromatic rings. The second-order valence-corrected chi connectivity index (χ2v) is 4.45. The smallest absolute Gasteiger partial charge is 0.0553 e. The maximum absolute atomic E-state index is 4.25. The van der Waals surface area contributed by atoms with E-state index in [0.29, 0.717) is 6.04 Å². The summed E-state index contributed by atoms with van der Waals surface area (Å²) in [5.41, 5.74) is 2.51. The fourth-order valence-electron chi connectivity index (χ4n) is 2.08. The molecule has 2 aromatic heterocycles. The van der Waals surface area contributed by atoms with E-state index in [4.69, 9.17) is 0 Å². The molecule has 0 fully saturated rings. The minimum Gasteiger partial charge on any atom is -0.308 e. The Morgan fingerprint density at radius 1 is 1.22 bits per heavy atom. The van der Waals surface area contributed by atoms with Crippen molar-refractivity contribution >= 4 is 0 Å². The van der Waals surface area contributed by atoms with Crippen LogP contribution in [0.15, 0.2) is 36.8 Å². The normalized spacial score (nSPS) is 12.6. The van der Waals surface area contributed by atoms with Crippen molar-refractivity contribution in [3.8, 4) is 0 Å². The van der Waals surface area contributed by atoms with Crippen LogP contribution < -0.4 is 5.32 Å². The lowest BCUT2D eigenvalue weighted by atomic mass is 10.0. The Hall–Kier alpha value is -1.68. The van der Waals surface area contributed by atoms with Crippen LogP contribution in [0.3, 0.4) is 0 Å². The first-order valence-corrected chi connectivity index (χ1v) is 6.41. The first-order chi connectivity index (χ1) is 8.81. The minimum absolute atomic E-state index is 0.305. The van der Waals surface area contributed by atoms with E-state index in [1.165, 1.54) is 11.3 Å². The van der Waals surface area contributed by atoms with Crippen molar-refractivity contribution in [3.05, 3.63) is 48.0 Å². The summed E-state index contributed by atoms with van der Waals surface area (Å²) in [5.74, 6) is 0. The van der Waals surface area contributed by atoms with Gasteiger partial charge in [-0.15, -0.1) is 0 Å². The molecule has 0 spiro atoms. The summed E-state index contributed by atoms with van der Waals surface area (Å²) in [6, 6.07) is 6.52. The second kappa shape index (κ2) is 6.31. The Bertz CT molecular complexity index is 464. The molecular formula is C14H20N4. The number of nitrogens with zero attached hydrogens (tertiary/aromatic N) is 3. The van der Waals surface area contributed by atoms with Gasteiger partial charge in [0.2, 0.25) is 0 Å². The van der Waals surface area contributed by atoms with Crippen molar-refractivity contribution in [1.82, 2.24) is 20.1 Å². The largest absolute Gasteiger partial charge is 0.308 e. The predicted molar refractivity (Wildman–Crippen MR) is 72.2 cm³/mol. The Kier molecular flexibility index (Phi) is 4.47. The predicted octanol–water partition coefficient (Wildman–Crippen LogP) is 2.10. The summed E-state index contributed by atoms with van der Waals surface area (Å²) in [7, 11) is 1.99. The van der Waals surface area contributed by atoms with Gasteiger partial charge in [0, 0.05) is 25.6 Å². The first kappa shape index (κ1) is 12.8. The number of nitrogens with one attached hydrogen (secondary N) is 1. The van der Waals surface area contributed by atoms with Crippen molar-refractivity contribution in [1.29, 1.82) is 0 Å². The lowest BCUT2D eigenvalue weighted by Crippen LogP contribution is -2.26. The highest BCUT2D eigenvalue weighted by molar-refractivity contribution is 5.16. The van der Waals surface area contributed by atoms with Crippen LogP contribution in [0.25, 0.3) is 0 Å². The molecule has 0 aliphatic carbocycles. The van der Waals surface area contributed by atoms with Gasteiger partial charge in [0.15, 0.2) is 0 Å². The van der Waals surface area contributed by atoms with E-state index in [-0.39, 0.29) is 0 Å². The Balaban J connectivity index is 2.13. The molecule has 2 heterocycles. The van der Waals surface area contributed by atoms with Gasteiger partial charge in [0.05, 0.1) is 11.7 Å². The summed E-state index contributed by atoms with van der Waals surface area (Å²) in [6.07, 6.45) is 7.63. The van der Waals surface area contributed by atoms with Crippen LogP contribution in [0.4, 0.5) is 0 Å². The number of aryl methyl sites for hydroxylation is 1. The monoisotopic (exact) mass is 244 g/mol. The fourth-order valence-corrected chi connectivity index (χ4v) is 2.08. The van der Waals surface area contributed by atoms with E-state index in [0.717, 1.165) is 19.4 Å². The van der Waals surface area contributed by atoms with Gasteiger partial charge in [-0.3, -0.25) is 9.67 Å². The molecular weight excluding hydrogens is 224 g/mol. The van der Waals surface area contributed by atoms with E-state index < -0.39 is 0 Å². The van der Waals surface area contributed by atoms with Crippen molar-refractivity contribution in [2.75, 3.05) is 6.54 Å². The maximum Gasteiger partial charge on any atom is 0.0553 e. The quantitative estimate of drug-likeness (QED) is 0.846. The lowest BCUT2D eigenvalue weighted by Gasteiger charge is -2.18. The summed E-state index contributed by atoms with van der Waals surface area (Å²) >= 11 is 0. The zero-order valence-electron chi connectivity index (χ0n) is 11.0. The van der Waals surface area contributed by atoms with Crippen LogP contribution in [-0.2, 0) is 13.5 Å². The molecule has 1 atom stereocenters. The van der Waals surface area contributed by atoms with E-state index in [2.05, 4.69) is 40.5 Å². The van der Waals surface area contributed by atoms with E-state index in [9.17, 15) is 0 Å². The average molecular weight is 244 g/mol. The third kappa shape index (κ3) is 3.17. The van der Waals surface area contributed by atoms with Crippen LogP contribution in [-0.4, -0.2) is 21.3 Å². The molecule has 2 rings (SSSR count). The molecule has 0 amide bonds. The van der Waals surface area contributed by atoms with Crippen LogP contribution in [0.2, 0.25) is 0 Å². The first-order valence-electron chi connectivity index (χ1n) is 6.41. The highest BCUT2D eigenvalue weighted by Gasteiger charge is 2.14. The number of pyridine rings is 1. The fraction of sp³-hybridized carbons (Fsp3) is 0.429. The van der Waals surface area contributed by atoms with E-state index in [1.54, 1.807) is 0 Å². The summed E-state index contributed by atoms with van der Waals surface area (Å²) in [5, 5.41) is 7.83. The molecule has 0 aliphatic heterocycles. The molecule has 1 N–H and O–H groups in total. The van der Waals surface area contributed by atoms with Crippen LogP contribution in [0.5, 0.6) is 0 Å². The van der Waals surface area contributed by atoms with Gasteiger partial charge in [-0.05, 0) is 43.1 Å². The van der Waals surface area contributed by atoms with Gasteiger partial charge in [0.25, 0.3) is 0 Å². The van der Waals surface area contributed by atoms with Crippen LogP contribution >= 0.6 is 0 Å². The zero-order valence-corrected chi connectivity index (χ0v) is 11.0. The van der Waals surface area contributed by atoms with Gasteiger partial charge in [-0.2, -0.15) is 5.10 Å². The van der Waals surface area contributed by atoms with Crippen LogP contribution in [0, 0.1) is 0 Å². The highest BCUT2D eigenvalue weighted by atomic mass is 15.3. The molecule has 1 unspecified atom stereocenters. The molecule has 18 heavy (non-hydrogen) atoms. The standard InChI is InChI=1S/C14H20N4/c1-3-7-16-13(14-6-10-17-18(14)2)11-12-4-8-15-9-5-12/h4-6,8-10,13,16H,3,7,11H2,1-2H3. The SMILES string of the molecule is CCCNC(Cc1ccncc1)c1ccnn1C. The summed E-state index contributed by atoms with van der Waals surface area (Å²) in [6.45, 7) is 3.20. The van der Waals surface area contributed by atoms with Gasteiger partial charge < -0.3 is 5.32 Å². The zero-order chi connectivity index (χ0) is 12.8. The number of hydrogen-bond donors (Lipinski definition) is 1. The molecule has 96 valence electrons. The van der Waals surface area contributed by atoms with Crippen molar-refractivity contribution in [2.24, 2.45) is 7.05 Å². The van der Waals surface area contributed by atoms with Crippen molar-refractivity contribution in [3.63, 3.8) is 0 Å². The Morgan fingerprint density at radius 3 is 2.61 bits per heavy atom. The van der Waals surface area contributed by atoms with E-state index in [1.807, 2.05) is 30.3 Å². The van der Waals surface area contributed by atoms with Gasteiger partial charge in [-0.1, -0.05) is 6.92 Å². The van der Waals surface area contributed by atoms with Gasteiger partial charge >= 0.3 is 0 Å². The molecule has 0 aromatic carbocycles. The van der Waals surface area contributed by atoms with E-state index >= 15 is 0 Å². The minimum atomic E-state index is 0.305. The molecule has 0 saturated carbocycles. The maximum atomic E-state index is 4.25. The van der Waals surface area contributed by atoms with Gasteiger partial charge in [0.1, 0.15) is 0 Å². The number of rotatable bonds is 6. The van der Waals surface area contributed by atoms with Crippen molar-refractivity contribution in [2.45, 2.75) is 25.8 Å². The Labute approximate surface area is 108 Å². The molecule has 4 nitrogen and oxygen atoms in total. The third-order valence-electron chi connectivity index (χ3n) is 3.05. The van der Waals surface area contributed by atoms with Gasteiger partial charge in [-0.25, -0.2) is 0 Å². The third-order valence-corrected chi connectivity index (χ3v) is 3.05. The number of aromatic nitrogens is 3. The van der Waals surface area contributed by atoms with Crippen LogP contribution in [0.1, 0.15) is 30.6 Å². The molecule has 0 saturated heterocycles.